The van der Waals surface area contributed by atoms with E-state index in [-0.39, 0.29) is 11.9 Å². The molecule has 0 bridgehead atoms. The predicted octanol–water partition coefficient (Wildman–Crippen LogP) is 1.39. The highest BCUT2D eigenvalue weighted by Gasteiger charge is 2.31. The summed E-state index contributed by atoms with van der Waals surface area (Å²) in [4.78, 5) is 10.8. The van der Waals surface area contributed by atoms with Crippen molar-refractivity contribution in [2.45, 2.75) is 26.3 Å². The molecule has 1 amide bonds. The molecule has 4 nitrogen and oxygen atoms in total. The number of aliphatic hydroxyl groups is 1. The van der Waals surface area contributed by atoms with Crippen molar-refractivity contribution in [1.29, 1.82) is 0 Å². The van der Waals surface area contributed by atoms with Crippen molar-refractivity contribution in [1.82, 2.24) is 10.6 Å². The fraction of sp³-hybridized carbons (Fsp3) is 0.462. The molecule has 0 aromatic heterocycles. The van der Waals surface area contributed by atoms with Crippen molar-refractivity contribution in [2.24, 2.45) is 5.92 Å². The zero-order valence-corrected chi connectivity index (χ0v) is 10.2. The number of carbonyl (C=O) groups excluding carboxylic acids is 1. The number of nitrogens with one attached hydrogen (secondary N) is 2. The number of aliphatic hydroxyl groups excluding tert-OH is 1. The van der Waals surface area contributed by atoms with E-state index in [0.717, 1.165) is 17.6 Å². The Morgan fingerprint density at radius 1 is 1.59 bits per heavy atom. The molecular weight excluding hydrogens is 216 g/mol. The first kappa shape index (κ1) is 11.8. The fourth-order valence-electron chi connectivity index (χ4n) is 2.31. The predicted molar refractivity (Wildman–Crippen MR) is 66.3 cm³/mol. The van der Waals surface area contributed by atoms with Gasteiger partial charge in [0.25, 0.3) is 0 Å². The lowest BCUT2D eigenvalue weighted by molar-refractivity contribution is -0.118. The molecule has 0 radical (unpaired) electrons. The first-order valence-corrected chi connectivity index (χ1v) is 5.91. The van der Waals surface area contributed by atoms with Gasteiger partial charge in [-0.2, -0.15) is 0 Å². The van der Waals surface area contributed by atoms with Crippen LogP contribution in [-0.4, -0.2) is 23.6 Å². The van der Waals surface area contributed by atoms with Gasteiger partial charge >= 0.3 is 0 Å². The molecule has 0 aromatic carbocycles. The van der Waals surface area contributed by atoms with E-state index in [1.165, 1.54) is 6.92 Å². The molecule has 2 atom stereocenters. The quantitative estimate of drug-likeness (QED) is 0.691. The zero-order chi connectivity index (χ0) is 12.4. The maximum atomic E-state index is 10.8. The maximum absolute atomic E-state index is 10.8. The second-order valence-corrected chi connectivity index (χ2v) is 4.56. The monoisotopic (exact) mass is 234 g/mol. The fourth-order valence-corrected chi connectivity index (χ4v) is 2.31. The van der Waals surface area contributed by atoms with Gasteiger partial charge < -0.3 is 15.7 Å². The lowest BCUT2D eigenvalue weighted by Gasteiger charge is -2.24. The summed E-state index contributed by atoms with van der Waals surface area (Å²) in [5, 5.41) is 15.9. The molecule has 0 aromatic rings. The molecule has 17 heavy (non-hydrogen) atoms. The van der Waals surface area contributed by atoms with E-state index >= 15 is 0 Å². The Labute approximate surface area is 101 Å². The molecule has 0 saturated carbocycles. The smallest absolute Gasteiger partial charge is 0.216 e. The summed E-state index contributed by atoms with van der Waals surface area (Å²) in [6, 6.07) is 0.173. The minimum Gasteiger partial charge on any atom is -0.508 e. The molecule has 2 unspecified atom stereocenters. The third-order valence-electron chi connectivity index (χ3n) is 3.22. The van der Waals surface area contributed by atoms with Crippen LogP contribution in [0.25, 0.3) is 0 Å². The van der Waals surface area contributed by atoms with Crippen LogP contribution in [0.4, 0.5) is 0 Å². The average molecular weight is 234 g/mol. The molecule has 4 heteroatoms. The molecule has 2 rings (SSSR count). The van der Waals surface area contributed by atoms with Gasteiger partial charge in [-0.25, -0.2) is 0 Å². The van der Waals surface area contributed by atoms with Crippen LogP contribution in [0.1, 0.15) is 20.3 Å². The number of amides is 1. The molecule has 1 aliphatic heterocycles. The summed E-state index contributed by atoms with van der Waals surface area (Å²) in [7, 11) is 0. The number of allylic oxidation sites excluding steroid dienone is 1. The number of fused-ring (bicyclic) bond motifs is 1. The van der Waals surface area contributed by atoms with Crippen molar-refractivity contribution < 1.29 is 9.90 Å². The molecular formula is C13H18N2O2. The lowest BCUT2D eigenvalue weighted by atomic mass is 9.86. The highest BCUT2D eigenvalue weighted by Crippen LogP contribution is 2.33. The van der Waals surface area contributed by atoms with Crippen molar-refractivity contribution >= 4 is 5.91 Å². The van der Waals surface area contributed by atoms with Crippen LogP contribution in [0.3, 0.4) is 0 Å². The van der Waals surface area contributed by atoms with Crippen LogP contribution in [0.15, 0.2) is 35.3 Å². The molecule has 3 N–H and O–H groups in total. The Morgan fingerprint density at radius 2 is 2.35 bits per heavy atom. The highest BCUT2D eigenvalue weighted by atomic mass is 16.3. The topological polar surface area (TPSA) is 61.4 Å². The molecule has 1 heterocycles. The van der Waals surface area contributed by atoms with Gasteiger partial charge in [0.2, 0.25) is 5.91 Å². The first-order valence-electron chi connectivity index (χ1n) is 5.91. The van der Waals surface area contributed by atoms with Crippen LogP contribution in [0.5, 0.6) is 0 Å². The van der Waals surface area contributed by atoms with E-state index in [2.05, 4.69) is 17.6 Å². The largest absolute Gasteiger partial charge is 0.508 e. The van der Waals surface area contributed by atoms with Crippen LogP contribution in [0.2, 0.25) is 0 Å². The summed E-state index contributed by atoms with van der Waals surface area (Å²) < 4.78 is 0. The minimum atomic E-state index is -0.0248. The van der Waals surface area contributed by atoms with Crippen molar-refractivity contribution in [2.75, 3.05) is 6.54 Å². The van der Waals surface area contributed by atoms with Gasteiger partial charge in [-0.15, -0.1) is 0 Å². The standard InChI is InChI=1S/C13H18N2O2/c1-8-3-4-11(17)12-10(7-15-13(8)12)5-6-14-9(2)16/h3-4,7-8,13,15,17H,5-6H2,1-2H3,(H,14,16). The van der Waals surface area contributed by atoms with Gasteiger partial charge in [-0.1, -0.05) is 13.0 Å². The number of rotatable bonds is 3. The Bertz CT molecular complexity index is 421. The highest BCUT2D eigenvalue weighted by molar-refractivity contribution is 5.72. The molecule has 92 valence electrons. The van der Waals surface area contributed by atoms with Crippen LogP contribution < -0.4 is 10.6 Å². The molecule has 0 fully saturated rings. The van der Waals surface area contributed by atoms with Crippen LogP contribution >= 0.6 is 0 Å². The Morgan fingerprint density at radius 3 is 3.06 bits per heavy atom. The Balaban J connectivity index is 2.05. The summed E-state index contributed by atoms with van der Waals surface area (Å²) in [5.41, 5.74) is 2.06. The molecule has 0 spiro atoms. The van der Waals surface area contributed by atoms with Gasteiger partial charge in [-0.05, 0) is 24.0 Å². The second kappa shape index (κ2) is 4.65. The van der Waals surface area contributed by atoms with E-state index in [4.69, 9.17) is 0 Å². The van der Waals surface area contributed by atoms with Gasteiger partial charge in [0, 0.05) is 25.2 Å². The summed E-state index contributed by atoms with van der Waals surface area (Å²) in [5.74, 6) is 0.686. The van der Waals surface area contributed by atoms with Gasteiger partial charge in [0.15, 0.2) is 0 Å². The van der Waals surface area contributed by atoms with E-state index in [1.807, 2.05) is 12.3 Å². The van der Waals surface area contributed by atoms with Crippen molar-refractivity contribution in [3.63, 3.8) is 0 Å². The van der Waals surface area contributed by atoms with Crippen molar-refractivity contribution in [3.05, 3.63) is 35.3 Å². The third kappa shape index (κ3) is 2.35. The van der Waals surface area contributed by atoms with Gasteiger partial charge in [0.05, 0.1) is 6.04 Å². The van der Waals surface area contributed by atoms with E-state index < -0.39 is 0 Å². The first-order chi connectivity index (χ1) is 8.09. The minimum absolute atomic E-state index is 0.0248. The Kier molecular flexibility index (Phi) is 3.22. The number of hydrogen-bond donors (Lipinski definition) is 3. The lowest BCUT2D eigenvalue weighted by Crippen LogP contribution is -2.31. The van der Waals surface area contributed by atoms with Gasteiger partial charge in [0.1, 0.15) is 5.76 Å². The SMILES string of the molecule is CC(=O)NCCC1=CNC2C1=C(O)C=CC2C. The van der Waals surface area contributed by atoms with Gasteiger partial charge in [-0.3, -0.25) is 4.79 Å². The zero-order valence-electron chi connectivity index (χ0n) is 10.2. The van der Waals surface area contributed by atoms with E-state index in [0.29, 0.717) is 18.2 Å². The molecule has 2 aliphatic rings. The second-order valence-electron chi connectivity index (χ2n) is 4.56. The van der Waals surface area contributed by atoms with Crippen LogP contribution in [0, 0.1) is 5.92 Å². The van der Waals surface area contributed by atoms with E-state index in [1.54, 1.807) is 6.08 Å². The number of hydrogen-bond acceptors (Lipinski definition) is 3. The number of carbonyl (C=O) groups is 1. The average Bonchev–Trinajstić information content (AvgIpc) is 2.68. The summed E-state index contributed by atoms with van der Waals surface area (Å²) in [6.07, 6.45) is 6.45. The molecule has 1 aliphatic carbocycles. The third-order valence-corrected chi connectivity index (χ3v) is 3.22. The van der Waals surface area contributed by atoms with E-state index in [9.17, 15) is 9.90 Å². The summed E-state index contributed by atoms with van der Waals surface area (Å²) >= 11 is 0. The summed E-state index contributed by atoms with van der Waals surface area (Å²) in [6.45, 7) is 4.22. The van der Waals surface area contributed by atoms with Crippen LogP contribution in [-0.2, 0) is 4.79 Å². The normalized spacial score (nSPS) is 26.4. The Hall–Kier alpha value is -1.71. The maximum Gasteiger partial charge on any atom is 0.216 e. The van der Waals surface area contributed by atoms with Crippen molar-refractivity contribution in [3.8, 4) is 0 Å². The molecule has 0 saturated heterocycles.